The number of nitrogen functional groups attached to an aromatic ring is 1. The van der Waals surface area contributed by atoms with E-state index in [-0.39, 0.29) is 23.1 Å². The van der Waals surface area contributed by atoms with Crippen molar-refractivity contribution in [3.8, 4) is 0 Å². The van der Waals surface area contributed by atoms with E-state index >= 15 is 0 Å². The van der Waals surface area contributed by atoms with Gasteiger partial charge in [0.05, 0.1) is 11.0 Å². The van der Waals surface area contributed by atoms with E-state index in [1.54, 1.807) is 6.07 Å². The van der Waals surface area contributed by atoms with Crippen LogP contribution >= 0.6 is 0 Å². The zero-order valence-electron chi connectivity index (χ0n) is 10.4. The molecule has 2 heterocycles. The molecule has 1 aromatic carbocycles. The number of carbonyl (C=O) groups is 1. The number of para-hydroxylation sites is 2. The highest BCUT2D eigenvalue weighted by Crippen LogP contribution is 2.13. The molecule has 6 nitrogen and oxygen atoms in total. The average Bonchev–Trinajstić information content (AvgIpc) is 2.90. The predicted octanol–water partition coefficient (Wildman–Crippen LogP) is 1.47. The maximum Gasteiger partial charge on any atom is 0.246 e. The van der Waals surface area contributed by atoms with E-state index in [0.717, 1.165) is 11.0 Å². The first kappa shape index (κ1) is 12.0. The molecule has 0 fully saturated rings. The van der Waals surface area contributed by atoms with Gasteiger partial charge in [0.15, 0.2) is 5.82 Å². The van der Waals surface area contributed by atoms with Crippen molar-refractivity contribution < 1.29 is 4.79 Å². The molecule has 4 N–H and O–H groups in total. The molecule has 0 saturated carbocycles. The Morgan fingerprint density at radius 1 is 1.20 bits per heavy atom. The topological polar surface area (TPSA) is 109 Å². The van der Waals surface area contributed by atoms with Crippen LogP contribution in [0.25, 0.3) is 11.0 Å². The SMILES string of the molecule is N=C(N)c1ccc(C(=O)c2nc3ccccc3[nH]2)nc1. The molecule has 20 heavy (non-hydrogen) atoms. The van der Waals surface area contributed by atoms with E-state index in [1.807, 2.05) is 24.3 Å². The minimum atomic E-state index is -0.295. The number of rotatable bonds is 3. The van der Waals surface area contributed by atoms with Crippen molar-refractivity contribution in [2.75, 3.05) is 0 Å². The van der Waals surface area contributed by atoms with Crippen LogP contribution in [0.2, 0.25) is 0 Å². The molecule has 0 spiro atoms. The summed E-state index contributed by atoms with van der Waals surface area (Å²) in [7, 11) is 0. The second-order valence-electron chi connectivity index (χ2n) is 4.28. The number of aromatic nitrogens is 3. The first-order valence-corrected chi connectivity index (χ1v) is 5.95. The number of benzene rings is 1. The summed E-state index contributed by atoms with van der Waals surface area (Å²) in [4.78, 5) is 23.5. The van der Waals surface area contributed by atoms with Crippen LogP contribution in [0.4, 0.5) is 0 Å². The Balaban J connectivity index is 1.97. The smallest absolute Gasteiger partial charge is 0.246 e. The number of H-pyrrole nitrogens is 1. The van der Waals surface area contributed by atoms with Gasteiger partial charge in [0.2, 0.25) is 5.78 Å². The molecule has 98 valence electrons. The number of pyridine rings is 1. The summed E-state index contributed by atoms with van der Waals surface area (Å²) >= 11 is 0. The van der Waals surface area contributed by atoms with E-state index in [4.69, 9.17) is 11.1 Å². The molecule has 0 radical (unpaired) electrons. The molecule has 0 aliphatic rings. The van der Waals surface area contributed by atoms with Gasteiger partial charge in [-0.1, -0.05) is 12.1 Å². The molecule has 0 amide bonds. The van der Waals surface area contributed by atoms with E-state index in [0.29, 0.717) is 5.56 Å². The third-order valence-corrected chi connectivity index (χ3v) is 2.91. The number of aromatic amines is 1. The number of nitrogens with one attached hydrogen (secondary N) is 2. The summed E-state index contributed by atoms with van der Waals surface area (Å²) in [5.74, 6) is -0.134. The molecule has 0 saturated heterocycles. The van der Waals surface area contributed by atoms with Gasteiger partial charge >= 0.3 is 0 Å². The Labute approximate surface area is 114 Å². The van der Waals surface area contributed by atoms with E-state index < -0.39 is 0 Å². The number of amidine groups is 1. The highest BCUT2D eigenvalue weighted by molar-refractivity contribution is 6.07. The van der Waals surface area contributed by atoms with E-state index in [2.05, 4.69) is 15.0 Å². The Hall–Kier alpha value is -3.02. The predicted molar refractivity (Wildman–Crippen MR) is 74.8 cm³/mol. The van der Waals surface area contributed by atoms with Crippen molar-refractivity contribution in [2.24, 2.45) is 5.73 Å². The van der Waals surface area contributed by atoms with E-state index in [9.17, 15) is 4.79 Å². The van der Waals surface area contributed by atoms with Crippen LogP contribution in [0.3, 0.4) is 0 Å². The van der Waals surface area contributed by atoms with Gasteiger partial charge in [-0.2, -0.15) is 0 Å². The van der Waals surface area contributed by atoms with Crippen molar-refractivity contribution in [3.05, 3.63) is 59.7 Å². The van der Waals surface area contributed by atoms with Crippen LogP contribution < -0.4 is 5.73 Å². The minimum absolute atomic E-state index is 0.0831. The molecule has 0 aliphatic carbocycles. The van der Waals surface area contributed by atoms with Crippen molar-refractivity contribution in [1.82, 2.24) is 15.0 Å². The third-order valence-electron chi connectivity index (χ3n) is 2.91. The maximum atomic E-state index is 12.3. The Morgan fingerprint density at radius 3 is 2.65 bits per heavy atom. The fraction of sp³-hybridized carbons (Fsp3) is 0. The van der Waals surface area contributed by atoms with Crippen LogP contribution in [0.15, 0.2) is 42.6 Å². The second-order valence-corrected chi connectivity index (χ2v) is 4.28. The van der Waals surface area contributed by atoms with Crippen LogP contribution in [0.5, 0.6) is 0 Å². The normalized spacial score (nSPS) is 10.6. The van der Waals surface area contributed by atoms with Gasteiger partial charge in [0.25, 0.3) is 0 Å². The highest BCUT2D eigenvalue weighted by atomic mass is 16.1. The van der Waals surface area contributed by atoms with Gasteiger partial charge in [0.1, 0.15) is 11.5 Å². The van der Waals surface area contributed by atoms with Gasteiger partial charge < -0.3 is 10.7 Å². The molecule has 0 unspecified atom stereocenters. The maximum absolute atomic E-state index is 12.3. The van der Waals surface area contributed by atoms with Crippen molar-refractivity contribution >= 4 is 22.7 Å². The second kappa shape index (κ2) is 4.58. The number of nitrogens with two attached hydrogens (primary N) is 1. The molecule has 3 rings (SSSR count). The summed E-state index contributed by atoms with van der Waals surface area (Å²) in [5.41, 5.74) is 7.61. The van der Waals surface area contributed by atoms with E-state index in [1.165, 1.54) is 12.3 Å². The molecule has 0 bridgehead atoms. The molecular weight excluding hydrogens is 254 g/mol. The summed E-state index contributed by atoms with van der Waals surface area (Å²) in [6.45, 7) is 0. The molecule has 3 aromatic rings. The van der Waals surface area contributed by atoms with Crippen molar-refractivity contribution in [2.45, 2.75) is 0 Å². The highest BCUT2D eigenvalue weighted by Gasteiger charge is 2.15. The molecule has 0 atom stereocenters. The number of carbonyl (C=O) groups excluding carboxylic acids is 1. The Morgan fingerprint density at radius 2 is 2.00 bits per heavy atom. The van der Waals surface area contributed by atoms with Crippen molar-refractivity contribution in [3.63, 3.8) is 0 Å². The number of nitrogens with zero attached hydrogens (tertiary/aromatic N) is 2. The number of fused-ring (bicyclic) bond motifs is 1. The number of ketones is 1. The lowest BCUT2D eigenvalue weighted by molar-refractivity contribution is 0.102. The van der Waals surface area contributed by atoms with Gasteiger partial charge in [0, 0.05) is 11.8 Å². The van der Waals surface area contributed by atoms with Gasteiger partial charge in [-0.3, -0.25) is 15.2 Å². The average molecular weight is 265 g/mol. The van der Waals surface area contributed by atoms with Gasteiger partial charge in [-0.15, -0.1) is 0 Å². The first-order valence-electron chi connectivity index (χ1n) is 5.95. The standard InChI is InChI=1S/C14H11N5O/c15-13(16)8-5-6-11(17-7-8)12(20)14-18-9-3-1-2-4-10(9)19-14/h1-7H,(H3,15,16)(H,18,19). The zero-order chi connectivity index (χ0) is 14.1. The quantitative estimate of drug-likeness (QED) is 0.378. The van der Waals surface area contributed by atoms with Crippen LogP contribution in [-0.4, -0.2) is 26.6 Å². The zero-order valence-corrected chi connectivity index (χ0v) is 10.4. The Kier molecular flexibility index (Phi) is 2.76. The lowest BCUT2D eigenvalue weighted by atomic mass is 10.2. The van der Waals surface area contributed by atoms with Gasteiger partial charge in [-0.05, 0) is 24.3 Å². The summed E-state index contributed by atoms with van der Waals surface area (Å²) < 4.78 is 0. The lowest BCUT2D eigenvalue weighted by Gasteiger charge is -1.99. The monoisotopic (exact) mass is 265 g/mol. The summed E-state index contributed by atoms with van der Waals surface area (Å²) in [5, 5.41) is 7.28. The van der Waals surface area contributed by atoms with Crippen molar-refractivity contribution in [1.29, 1.82) is 5.41 Å². The van der Waals surface area contributed by atoms with Gasteiger partial charge in [-0.25, -0.2) is 4.98 Å². The molecule has 6 heteroatoms. The fourth-order valence-corrected chi connectivity index (χ4v) is 1.87. The molecular formula is C14H11N5O. The van der Waals surface area contributed by atoms with Crippen LogP contribution in [-0.2, 0) is 0 Å². The Bertz CT molecular complexity index is 771. The van der Waals surface area contributed by atoms with Crippen LogP contribution in [0, 0.1) is 5.41 Å². The molecule has 0 aliphatic heterocycles. The summed E-state index contributed by atoms with van der Waals surface area (Å²) in [6, 6.07) is 10.5. The van der Waals surface area contributed by atoms with Crippen LogP contribution in [0.1, 0.15) is 21.9 Å². The number of imidazole rings is 1. The third kappa shape index (κ3) is 2.03. The largest absolute Gasteiger partial charge is 0.384 e. The number of hydrogen-bond donors (Lipinski definition) is 3. The lowest BCUT2D eigenvalue weighted by Crippen LogP contribution is -2.13. The minimum Gasteiger partial charge on any atom is -0.384 e. The fourth-order valence-electron chi connectivity index (χ4n) is 1.87. The first-order chi connectivity index (χ1) is 9.65. The number of hydrogen-bond acceptors (Lipinski definition) is 4. The summed E-state index contributed by atoms with van der Waals surface area (Å²) in [6.07, 6.45) is 1.40. The molecule has 2 aromatic heterocycles.